The summed E-state index contributed by atoms with van der Waals surface area (Å²) in [7, 11) is 0. The first kappa shape index (κ1) is 27.9. The summed E-state index contributed by atoms with van der Waals surface area (Å²) in [5.41, 5.74) is 12.8. The van der Waals surface area contributed by atoms with E-state index in [2.05, 4.69) is 174 Å². The van der Waals surface area contributed by atoms with Crippen molar-refractivity contribution in [2.75, 3.05) is 0 Å². The average Bonchev–Trinajstić information content (AvgIpc) is 3.84. The second-order valence-corrected chi connectivity index (χ2v) is 13.9. The first-order valence-corrected chi connectivity index (χ1v) is 17.8. The molecule has 0 bridgehead atoms. The molecule has 0 fully saturated rings. The lowest BCUT2D eigenvalue weighted by Gasteiger charge is -2.27. The smallest absolute Gasteiger partial charge is 0.160 e. The van der Waals surface area contributed by atoms with Crippen LogP contribution < -0.4 is 0 Å². The summed E-state index contributed by atoms with van der Waals surface area (Å²) in [6.07, 6.45) is 0. The number of benzene rings is 8. The zero-order chi connectivity index (χ0) is 34.0. The Hall–Kier alpha value is -6.91. The van der Waals surface area contributed by atoms with E-state index in [4.69, 9.17) is 15.0 Å². The van der Waals surface area contributed by atoms with Crippen molar-refractivity contribution in [1.82, 2.24) is 19.5 Å². The lowest BCUT2D eigenvalue weighted by atomic mass is 9.72. The van der Waals surface area contributed by atoms with Crippen molar-refractivity contribution >= 4 is 43.5 Å². The number of para-hydroxylation sites is 2. The van der Waals surface area contributed by atoms with Crippen molar-refractivity contribution in [3.63, 3.8) is 0 Å². The molecule has 10 aromatic rings. The number of rotatable bonds is 2. The molecule has 240 valence electrons. The van der Waals surface area contributed by atoms with Crippen molar-refractivity contribution in [3.05, 3.63) is 192 Å². The molecule has 0 N–H and O–H groups in total. The normalized spacial score (nSPS) is 13.5. The van der Waals surface area contributed by atoms with Gasteiger partial charge in [-0.15, -0.1) is 0 Å². The van der Waals surface area contributed by atoms with E-state index >= 15 is 0 Å². The van der Waals surface area contributed by atoms with E-state index in [1.807, 2.05) is 0 Å². The van der Waals surface area contributed by atoms with Gasteiger partial charge in [-0.3, -0.25) is 4.57 Å². The Labute approximate surface area is 299 Å². The van der Waals surface area contributed by atoms with Crippen LogP contribution in [0.2, 0.25) is 0 Å². The Kier molecular flexibility index (Phi) is 5.40. The summed E-state index contributed by atoms with van der Waals surface area (Å²) in [5.74, 6) is 1.74. The van der Waals surface area contributed by atoms with E-state index in [-0.39, 0.29) is 0 Å². The molecule has 2 aliphatic rings. The third-order valence-electron chi connectivity index (χ3n) is 11.4. The monoisotopic (exact) mass is 660 g/mol. The maximum absolute atomic E-state index is 5.49. The van der Waals surface area contributed by atoms with E-state index in [1.165, 1.54) is 38.6 Å². The van der Waals surface area contributed by atoms with Crippen LogP contribution in [0.4, 0.5) is 0 Å². The van der Waals surface area contributed by atoms with Gasteiger partial charge in [0.15, 0.2) is 5.82 Å². The minimum Gasteiger partial charge on any atom is -0.295 e. The minimum atomic E-state index is -0.598. The first-order valence-electron chi connectivity index (χ1n) is 17.8. The standard InChI is InChI=1S/C48H28N4/c1-2-14-29(15-3-1)44-43-35-20-6-4-16-31(35)32-17-5-7-21-36(32)45(43)51-46(50-44)30-26-27-41-39(28-30)48(47-49-40-24-12-13-25-42(40)52(41)47)37-22-10-8-18-33(37)34-19-9-11-23-38(34)48/h1-28H. The molecule has 1 spiro atoms. The molecule has 4 nitrogen and oxygen atoms in total. The quantitative estimate of drug-likeness (QED) is 0.173. The van der Waals surface area contributed by atoms with Crippen LogP contribution in [0.25, 0.3) is 82.9 Å². The van der Waals surface area contributed by atoms with Crippen molar-refractivity contribution in [3.8, 4) is 39.5 Å². The fraction of sp³-hybridized carbons (Fsp3) is 0.0208. The summed E-state index contributed by atoms with van der Waals surface area (Å²) in [6.45, 7) is 0. The van der Waals surface area contributed by atoms with Gasteiger partial charge in [-0.2, -0.15) is 0 Å². The van der Waals surface area contributed by atoms with Gasteiger partial charge in [0, 0.05) is 21.9 Å². The Morgan fingerprint density at radius 2 is 1.06 bits per heavy atom. The third kappa shape index (κ3) is 3.43. The zero-order valence-electron chi connectivity index (χ0n) is 28.0. The van der Waals surface area contributed by atoms with Crippen molar-refractivity contribution in [2.24, 2.45) is 0 Å². The fourth-order valence-corrected chi connectivity index (χ4v) is 9.28. The maximum Gasteiger partial charge on any atom is 0.160 e. The Morgan fingerprint density at radius 1 is 0.442 bits per heavy atom. The molecular weight excluding hydrogens is 633 g/mol. The van der Waals surface area contributed by atoms with Crippen LogP contribution in [0.1, 0.15) is 22.5 Å². The summed E-state index contributed by atoms with van der Waals surface area (Å²) >= 11 is 0. The maximum atomic E-state index is 5.49. The van der Waals surface area contributed by atoms with E-state index in [9.17, 15) is 0 Å². The zero-order valence-corrected chi connectivity index (χ0v) is 28.0. The van der Waals surface area contributed by atoms with Gasteiger partial charge in [-0.05, 0) is 74.3 Å². The van der Waals surface area contributed by atoms with Gasteiger partial charge in [0.25, 0.3) is 0 Å². The van der Waals surface area contributed by atoms with Gasteiger partial charge in [-0.25, -0.2) is 15.0 Å². The molecule has 0 atom stereocenters. The highest BCUT2D eigenvalue weighted by atomic mass is 15.1. The van der Waals surface area contributed by atoms with Crippen LogP contribution >= 0.6 is 0 Å². The molecule has 1 aliphatic carbocycles. The molecule has 52 heavy (non-hydrogen) atoms. The van der Waals surface area contributed by atoms with E-state index in [0.717, 1.165) is 61.0 Å². The molecule has 2 aromatic heterocycles. The van der Waals surface area contributed by atoms with Crippen LogP contribution in [-0.4, -0.2) is 19.5 Å². The Bertz CT molecular complexity index is 3090. The summed E-state index contributed by atoms with van der Waals surface area (Å²) in [5, 5.41) is 5.76. The highest BCUT2D eigenvalue weighted by molar-refractivity contribution is 6.27. The summed E-state index contributed by atoms with van der Waals surface area (Å²) in [4.78, 5) is 16.4. The summed E-state index contributed by atoms with van der Waals surface area (Å²) in [6, 6.07) is 60.8. The summed E-state index contributed by atoms with van der Waals surface area (Å²) < 4.78 is 2.38. The van der Waals surface area contributed by atoms with E-state index in [0.29, 0.717) is 5.82 Å². The Balaban J connectivity index is 1.21. The van der Waals surface area contributed by atoms with Gasteiger partial charge >= 0.3 is 0 Å². The van der Waals surface area contributed by atoms with Gasteiger partial charge in [0.2, 0.25) is 0 Å². The molecule has 3 heterocycles. The molecule has 0 saturated carbocycles. The number of fused-ring (bicyclic) bond motifs is 18. The number of hydrogen-bond donors (Lipinski definition) is 0. The second kappa shape index (κ2) is 10.1. The van der Waals surface area contributed by atoms with E-state index < -0.39 is 5.41 Å². The van der Waals surface area contributed by atoms with E-state index in [1.54, 1.807) is 0 Å². The molecular formula is C48H28N4. The highest BCUT2D eigenvalue weighted by Crippen LogP contribution is 2.60. The van der Waals surface area contributed by atoms with Crippen LogP contribution in [0.3, 0.4) is 0 Å². The molecule has 8 aromatic carbocycles. The number of hydrogen-bond acceptors (Lipinski definition) is 3. The number of nitrogens with zero attached hydrogens (tertiary/aromatic N) is 4. The lowest BCUT2D eigenvalue weighted by Crippen LogP contribution is -2.27. The molecule has 0 amide bonds. The third-order valence-corrected chi connectivity index (χ3v) is 11.4. The first-order chi connectivity index (χ1) is 25.8. The van der Waals surface area contributed by atoms with Crippen LogP contribution in [0.15, 0.2) is 170 Å². The Morgan fingerprint density at radius 3 is 1.83 bits per heavy atom. The number of aromatic nitrogens is 4. The number of imidazole rings is 1. The van der Waals surface area contributed by atoms with Gasteiger partial charge in [0.05, 0.1) is 27.9 Å². The van der Waals surface area contributed by atoms with Crippen molar-refractivity contribution < 1.29 is 0 Å². The van der Waals surface area contributed by atoms with Crippen molar-refractivity contribution in [2.45, 2.75) is 5.41 Å². The molecule has 0 radical (unpaired) electrons. The SMILES string of the molecule is c1ccc(-c2nc(-c3ccc4c(c3)C3(c5ccccc5-c5ccccc53)c3nc5ccccc5n3-4)nc3c4ccccc4c4ccccc4c23)cc1. The van der Waals surface area contributed by atoms with Crippen LogP contribution in [-0.2, 0) is 5.41 Å². The van der Waals surface area contributed by atoms with Gasteiger partial charge in [-0.1, -0.05) is 140 Å². The van der Waals surface area contributed by atoms with Gasteiger partial charge < -0.3 is 0 Å². The van der Waals surface area contributed by atoms with Gasteiger partial charge in [0.1, 0.15) is 11.2 Å². The second-order valence-electron chi connectivity index (χ2n) is 13.9. The molecule has 0 unspecified atom stereocenters. The minimum absolute atomic E-state index is 0.598. The highest BCUT2D eigenvalue weighted by Gasteiger charge is 2.54. The van der Waals surface area contributed by atoms with Crippen LogP contribution in [0, 0.1) is 0 Å². The lowest BCUT2D eigenvalue weighted by molar-refractivity contribution is 0.738. The largest absolute Gasteiger partial charge is 0.295 e. The fourth-order valence-electron chi connectivity index (χ4n) is 9.28. The predicted octanol–water partition coefficient (Wildman–Crippen LogP) is 11.3. The van der Waals surface area contributed by atoms with Crippen molar-refractivity contribution in [1.29, 1.82) is 0 Å². The average molecular weight is 661 g/mol. The predicted molar refractivity (Wildman–Crippen MR) is 211 cm³/mol. The molecule has 1 aliphatic heterocycles. The molecule has 4 heteroatoms. The molecule has 0 saturated heterocycles. The topological polar surface area (TPSA) is 43.6 Å². The van der Waals surface area contributed by atoms with Crippen LogP contribution in [0.5, 0.6) is 0 Å². The molecule has 12 rings (SSSR count).